The van der Waals surface area contributed by atoms with E-state index in [0.717, 1.165) is 25.0 Å². The Kier molecular flexibility index (Phi) is 10.3. The Balaban J connectivity index is 1.54. The third-order valence-corrected chi connectivity index (χ3v) is 4.64. The summed E-state index contributed by atoms with van der Waals surface area (Å²) in [4.78, 5) is 15.1. The number of hydrogen-bond donors (Lipinski definition) is 0. The molecule has 0 fully saturated rings. The number of ether oxygens (including phenoxy) is 1. The third-order valence-electron chi connectivity index (χ3n) is 4.64. The van der Waals surface area contributed by atoms with Crippen LogP contribution in [-0.4, -0.2) is 18.9 Å². The second-order valence-electron chi connectivity index (χ2n) is 6.85. The van der Waals surface area contributed by atoms with Crippen LogP contribution in [0.1, 0.15) is 67.3 Å². The summed E-state index contributed by atoms with van der Waals surface area (Å²) in [7, 11) is 0. The highest BCUT2D eigenvalue weighted by molar-refractivity contribution is 6.08. The highest BCUT2D eigenvalue weighted by Crippen LogP contribution is 2.16. The molecule has 0 radical (unpaired) electrons. The first kappa shape index (κ1) is 21.5. The summed E-state index contributed by atoms with van der Waals surface area (Å²) >= 11 is 0. The smallest absolute Gasteiger partial charge is 0.193 e. The summed E-state index contributed by atoms with van der Waals surface area (Å²) in [6, 6.07) is 16.7. The summed E-state index contributed by atoms with van der Waals surface area (Å²) in [5.74, 6) is 0.842. The minimum Gasteiger partial charge on any atom is -0.494 e. The fourth-order valence-corrected chi connectivity index (χ4v) is 3.04. The van der Waals surface area contributed by atoms with Gasteiger partial charge in [0.2, 0.25) is 0 Å². The summed E-state index contributed by atoms with van der Waals surface area (Å²) in [5, 5.41) is 3.54. The number of carbonyl (C=O) groups is 1. The quantitative estimate of drug-likeness (QED) is 0.120. The Morgan fingerprint density at radius 1 is 0.786 bits per heavy atom. The predicted molar refractivity (Wildman–Crippen MR) is 113 cm³/mol. The van der Waals surface area contributed by atoms with Crippen molar-refractivity contribution in [1.29, 1.82) is 0 Å². The van der Waals surface area contributed by atoms with Gasteiger partial charge in [-0.25, -0.2) is 0 Å². The monoisotopic (exact) mass is 379 g/mol. The van der Waals surface area contributed by atoms with Crippen molar-refractivity contribution in [2.24, 2.45) is 5.11 Å². The average molecular weight is 380 g/mol. The Labute approximate surface area is 167 Å². The van der Waals surface area contributed by atoms with Crippen molar-refractivity contribution in [3.8, 4) is 5.75 Å². The van der Waals surface area contributed by atoms with Gasteiger partial charge < -0.3 is 4.74 Å². The van der Waals surface area contributed by atoms with Crippen LogP contribution in [-0.2, 0) is 0 Å². The van der Waals surface area contributed by atoms with E-state index in [1.165, 1.54) is 32.1 Å². The van der Waals surface area contributed by atoms with Crippen molar-refractivity contribution in [2.45, 2.75) is 51.4 Å². The zero-order chi connectivity index (χ0) is 19.9. The number of rotatable bonds is 14. The molecule has 0 bridgehead atoms. The Hall–Kier alpha value is -2.78. The molecule has 0 saturated carbocycles. The lowest BCUT2D eigenvalue weighted by Crippen LogP contribution is -2.01. The van der Waals surface area contributed by atoms with E-state index < -0.39 is 0 Å². The largest absolute Gasteiger partial charge is 0.494 e. The maximum atomic E-state index is 12.4. The van der Waals surface area contributed by atoms with Gasteiger partial charge >= 0.3 is 0 Å². The molecule has 0 amide bonds. The second-order valence-corrected chi connectivity index (χ2v) is 6.85. The van der Waals surface area contributed by atoms with Crippen molar-refractivity contribution < 1.29 is 9.53 Å². The summed E-state index contributed by atoms with van der Waals surface area (Å²) in [6.45, 7) is 1.33. The molecule has 0 heterocycles. The topological polar surface area (TPSA) is 75.1 Å². The van der Waals surface area contributed by atoms with Gasteiger partial charge in [0.25, 0.3) is 0 Å². The Morgan fingerprint density at radius 3 is 2.00 bits per heavy atom. The van der Waals surface area contributed by atoms with Crippen molar-refractivity contribution in [1.82, 2.24) is 0 Å². The SMILES string of the molecule is [N-]=[N+]=NCCCCCCCCCCOc1ccc(C(=O)c2ccccc2)cc1. The van der Waals surface area contributed by atoms with Gasteiger partial charge in [-0.3, -0.25) is 4.79 Å². The van der Waals surface area contributed by atoms with Gasteiger partial charge in [0.05, 0.1) is 6.61 Å². The molecule has 2 aromatic carbocycles. The zero-order valence-electron chi connectivity index (χ0n) is 16.4. The first-order valence-electron chi connectivity index (χ1n) is 10.1. The molecule has 148 valence electrons. The lowest BCUT2D eigenvalue weighted by molar-refractivity contribution is 0.103. The van der Waals surface area contributed by atoms with Crippen molar-refractivity contribution in [3.05, 3.63) is 76.2 Å². The lowest BCUT2D eigenvalue weighted by atomic mass is 10.0. The van der Waals surface area contributed by atoms with Crippen molar-refractivity contribution in [3.63, 3.8) is 0 Å². The molecule has 0 aromatic heterocycles. The summed E-state index contributed by atoms with van der Waals surface area (Å²) in [5.41, 5.74) is 9.57. The van der Waals surface area contributed by atoms with Crippen LogP contribution in [0.5, 0.6) is 5.75 Å². The number of azide groups is 1. The molecule has 28 heavy (non-hydrogen) atoms. The molecule has 0 aliphatic heterocycles. The van der Waals surface area contributed by atoms with Gasteiger partial charge in [-0.15, -0.1) is 0 Å². The fraction of sp³-hybridized carbons (Fsp3) is 0.435. The molecular formula is C23H29N3O2. The van der Waals surface area contributed by atoms with E-state index in [4.69, 9.17) is 10.3 Å². The molecule has 0 aliphatic rings. The number of ketones is 1. The predicted octanol–water partition coefficient (Wildman–Crippen LogP) is 6.73. The number of unbranched alkanes of at least 4 members (excludes halogenated alkanes) is 7. The number of nitrogens with zero attached hydrogens (tertiary/aromatic N) is 3. The summed E-state index contributed by atoms with van der Waals surface area (Å²) < 4.78 is 5.78. The third kappa shape index (κ3) is 8.28. The van der Waals surface area contributed by atoms with Gasteiger partial charge in [-0.1, -0.05) is 74.0 Å². The molecule has 2 aromatic rings. The molecule has 0 aliphatic carbocycles. The van der Waals surface area contributed by atoms with E-state index in [2.05, 4.69) is 10.0 Å². The molecule has 0 atom stereocenters. The number of carbonyl (C=O) groups excluding carboxylic acids is 1. The standard InChI is InChI=1S/C23H29N3O2/c24-26-25-18-10-5-3-1-2-4-6-11-19-28-22-16-14-21(15-17-22)23(27)20-12-8-7-9-13-20/h7-9,12-17H,1-6,10-11,18-19H2. The van der Waals surface area contributed by atoms with Crippen LogP contribution < -0.4 is 4.74 Å². The van der Waals surface area contributed by atoms with Crippen LogP contribution in [0.2, 0.25) is 0 Å². The van der Waals surface area contributed by atoms with E-state index in [1.807, 2.05) is 54.6 Å². The molecule has 0 N–H and O–H groups in total. The molecule has 5 heteroatoms. The maximum Gasteiger partial charge on any atom is 0.193 e. The minimum absolute atomic E-state index is 0.0324. The van der Waals surface area contributed by atoms with Crippen LogP contribution in [0.15, 0.2) is 59.7 Å². The maximum absolute atomic E-state index is 12.4. The van der Waals surface area contributed by atoms with Crippen LogP contribution in [0, 0.1) is 0 Å². The Bertz CT molecular complexity index is 738. The molecule has 0 saturated heterocycles. The van der Waals surface area contributed by atoms with Crippen LogP contribution in [0.3, 0.4) is 0 Å². The molecule has 0 spiro atoms. The van der Waals surface area contributed by atoms with E-state index in [0.29, 0.717) is 24.3 Å². The van der Waals surface area contributed by atoms with E-state index in [1.54, 1.807) is 0 Å². The van der Waals surface area contributed by atoms with Crippen LogP contribution in [0.4, 0.5) is 0 Å². The van der Waals surface area contributed by atoms with Crippen molar-refractivity contribution in [2.75, 3.05) is 13.2 Å². The van der Waals surface area contributed by atoms with E-state index in [-0.39, 0.29) is 5.78 Å². The van der Waals surface area contributed by atoms with Crippen LogP contribution in [0.25, 0.3) is 10.4 Å². The van der Waals surface area contributed by atoms with Gasteiger partial charge in [0.1, 0.15) is 5.75 Å². The second kappa shape index (κ2) is 13.4. The van der Waals surface area contributed by atoms with Crippen molar-refractivity contribution >= 4 is 5.78 Å². The molecule has 2 rings (SSSR count). The molecular weight excluding hydrogens is 350 g/mol. The lowest BCUT2D eigenvalue weighted by Gasteiger charge is -2.07. The first-order valence-corrected chi connectivity index (χ1v) is 10.1. The van der Waals surface area contributed by atoms with E-state index >= 15 is 0 Å². The fourth-order valence-electron chi connectivity index (χ4n) is 3.04. The zero-order valence-corrected chi connectivity index (χ0v) is 16.4. The molecule has 0 unspecified atom stereocenters. The van der Waals surface area contributed by atoms with Gasteiger partial charge in [-0.2, -0.15) is 0 Å². The van der Waals surface area contributed by atoms with Gasteiger partial charge in [0, 0.05) is 22.6 Å². The first-order chi connectivity index (χ1) is 13.8. The number of benzene rings is 2. The van der Waals surface area contributed by atoms with Crippen LogP contribution >= 0.6 is 0 Å². The van der Waals surface area contributed by atoms with E-state index in [9.17, 15) is 4.79 Å². The average Bonchev–Trinajstić information content (AvgIpc) is 2.75. The highest BCUT2D eigenvalue weighted by Gasteiger charge is 2.08. The molecule has 5 nitrogen and oxygen atoms in total. The summed E-state index contributed by atoms with van der Waals surface area (Å²) in [6.07, 6.45) is 9.28. The van der Waals surface area contributed by atoms with Gasteiger partial charge in [0.15, 0.2) is 5.78 Å². The Morgan fingerprint density at radius 2 is 1.36 bits per heavy atom. The van der Waals surface area contributed by atoms with Gasteiger partial charge in [-0.05, 0) is 42.6 Å². The highest BCUT2D eigenvalue weighted by atomic mass is 16.5. The normalized spacial score (nSPS) is 10.3. The minimum atomic E-state index is 0.0324. The number of hydrogen-bond acceptors (Lipinski definition) is 3.